The van der Waals surface area contributed by atoms with Gasteiger partial charge in [0.05, 0.1) is 12.6 Å². The van der Waals surface area contributed by atoms with Crippen LogP contribution >= 0.6 is 0 Å². The van der Waals surface area contributed by atoms with E-state index >= 15 is 0 Å². The normalized spacial score (nSPS) is 19.0. The summed E-state index contributed by atoms with van der Waals surface area (Å²) < 4.78 is 7.86. The molecule has 3 aromatic rings. The van der Waals surface area contributed by atoms with Crippen molar-refractivity contribution in [2.24, 2.45) is 0 Å². The predicted molar refractivity (Wildman–Crippen MR) is 106 cm³/mol. The number of aromatic nitrogens is 1. The van der Waals surface area contributed by atoms with Crippen LogP contribution in [0, 0.1) is 0 Å². The van der Waals surface area contributed by atoms with Crippen LogP contribution in [0.4, 0.5) is 5.69 Å². The van der Waals surface area contributed by atoms with Crippen molar-refractivity contribution >= 4 is 16.6 Å². The molecule has 0 saturated heterocycles. The molecule has 5 rings (SSSR count). The summed E-state index contributed by atoms with van der Waals surface area (Å²) >= 11 is 0. The summed E-state index contributed by atoms with van der Waals surface area (Å²) in [5.74, 6) is 0.898. The van der Waals surface area contributed by atoms with E-state index < -0.39 is 0 Å². The molecule has 0 radical (unpaired) electrons. The quantitative estimate of drug-likeness (QED) is 0.763. The fraction of sp³-hybridized carbons (Fsp3) is 0.364. The lowest BCUT2D eigenvalue weighted by molar-refractivity contribution is 0.415. The Balaban J connectivity index is 1.50. The lowest BCUT2D eigenvalue weighted by atomic mass is 9.98. The monoisotopic (exact) mass is 347 g/mol. The second-order valence-electron chi connectivity index (χ2n) is 7.37. The van der Waals surface area contributed by atoms with Gasteiger partial charge < -0.3 is 19.9 Å². The van der Waals surface area contributed by atoms with E-state index in [1.165, 1.54) is 16.5 Å². The molecule has 26 heavy (non-hydrogen) atoms. The first-order chi connectivity index (χ1) is 12.8. The van der Waals surface area contributed by atoms with Crippen LogP contribution in [-0.2, 0) is 25.8 Å². The largest absolute Gasteiger partial charge is 0.497 e. The van der Waals surface area contributed by atoms with Gasteiger partial charge in [0.1, 0.15) is 5.75 Å². The van der Waals surface area contributed by atoms with Gasteiger partial charge in [-0.05, 0) is 54.8 Å². The highest BCUT2D eigenvalue weighted by molar-refractivity contribution is 5.89. The molecule has 0 spiro atoms. The zero-order valence-electron chi connectivity index (χ0n) is 15.2. The minimum absolute atomic E-state index is 0.411. The average molecular weight is 347 g/mol. The summed E-state index contributed by atoms with van der Waals surface area (Å²) in [5.41, 5.74) is 7.22. The number of nitrogens with zero attached hydrogens (tertiary/aromatic N) is 1. The van der Waals surface area contributed by atoms with Crippen LogP contribution in [0.3, 0.4) is 0 Å². The molecule has 2 N–H and O–H groups in total. The molecular formula is C22H25N3O. The van der Waals surface area contributed by atoms with Gasteiger partial charge >= 0.3 is 0 Å². The summed E-state index contributed by atoms with van der Waals surface area (Å²) in [7, 11) is 1.71. The fourth-order valence-corrected chi connectivity index (χ4v) is 4.65. The van der Waals surface area contributed by atoms with Crippen molar-refractivity contribution in [3.63, 3.8) is 0 Å². The van der Waals surface area contributed by atoms with Gasteiger partial charge in [-0.1, -0.05) is 18.2 Å². The van der Waals surface area contributed by atoms with Crippen LogP contribution in [0.15, 0.2) is 42.5 Å². The molecule has 4 nitrogen and oxygen atoms in total. The number of hydrogen-bond donors (Lipinski definition) is 2. The number of para-hydroxylation sites is 1. The van der Waals surface area contributed by atoms with E-state index in [0.717, 1.165) is 50.3 Å². The smallest absolute Gasteiger partial charge is 0.119 e. The summed E-state index contributed by atoms with van der Waals surface area (Å²) in [6, 6.07) is 15.5. The van der Waals surface area contributed by atoms with Gasteiger partial charge in [-0.3, -0.25) is 0 Å². The number of nitrogens with one attached hydrogen (secondary N) is 2. The van der Waals surface area contributed by atoms with Crippen molar-refractivity contribution in [3.8, 4) is 5.75 Å². The highest BCUT2D eigenvalue weighted by atomic mass is 16.5. The summed E-state index contributed by atoms with van der Waals surface area (Å²) in [5, 5.41) is 8.76. The molecule has 134 valence electrons. The SMILES string of the molecule is COc1ccc(NC2Cc3cccc4c5c(n(c34)C2)CCNCC5)cc1. The summed E-state index contributed by atoms with van der Waals surface area (Å²) in [6.07, 6.45) is 3.34. The predicted octanol–water partition coefficient (Wildman–Crippen LogP) is 3.37. The first-order valence-electron chi connectivity index (χ1n) is 9.56. The molecule has 2 aliphatic heterocycles. The number of benzene rings is 2. The van der Waals surface area contributed by atoms with Crippen LogP contribution in [0.25, 0.3) is 10.9 Å². The highest BCUT2D eigenvalue weighted by Crippen LogP contribution is 2.34. The lowest BCUT2D eigenvalue weighted by Gasteiger charge is -2.28. The maximum absolute atomic E-state index is 5.27. The molecule has 2 aromatic carbocycles. The lowest BCUT2D eigenvalue weighted by Crippen LogP contribution is -2.32. The first-order valence-corrected chi connectivity index (χ1v) is 9.56. The number of ether oxygens (including phenoxy) is 1. The average Bonchev–Trinajstić information content (AvgIpc) is 2.84. The van der Waals surface area contributed by atoms with Crippen molar-refractivity contribution in [3.05, 3.63) is 59.3 Å². The first kappa shape index (κ1) is 15.8. The topological polar surface area (TPSA) is 38.2 Å². The molecule has 1 unspecified atom stereocenters. The van der Waals surface area contributed by atoms with E-state index in [-0.39, 0.29) is 0 Å². The Hall–Kier alpha value is -2.46. The maximum atomic E-state index is 5.27. The molecule has 2 aliphatic rings. The third-order valence-electron chi connectivity index (χ3n) is 5.81. The number of hydrogen-bond acceptors (Lipinski definition) is 3. The fourth-order valence-electron chi connectivity index (χ4n) is 4.65. The summed E-state index contributed by atoms with van der Waals surface area (Å²) in [6.45, 7) is 3.20. The Morgan fingerprint density at radius 1 is 1.08 bits per heavy atom. The van der Waals surface area contributed by atoms with Crippen LogP contribution < -0.4 is 15.4 Å². The number of fused-ring (bicyclic) bond motifs is 3. The molecule has 0 fully saturated rings. The van der Waals surface area contributed by atoms with E-state index in [4.69, 9.17) is 4.74 Å². The van der Waals surface area contributed by atoms with Gasteiger partial charge in [-0.2, -0.15) is 0 Å². The molecule has 1 atom stereocenters. The second-order valence-corrected chi connectivity index (χ2v) is 7.37. The van der Waals surface area contributed by atoms with Gasteiger partial charge in [-0.25, -0.2) is 0 Å². The van der Waals surface area contributed by atoms with E-state index in [0.29, 0.717) is 6.04 Å². The van der Waals surface area contributed by atoms with Crippen LogP contribution in [0.1, 0.15) is 16.8 Å². The Bertz CT molecular complexity index is 942. The molecule has 0 saturated carbocycles. The zero-order chi connectivity index (χ0) is 17.5. The van der Waals surface area contributed by atoms with Gasteiger partial charge in [-0.15, -0.1) is 0 Å². The Labute approximate surface area is 154 Å². The van der Waals surface area contributed by atoms with E-state index in [1.807, 2.05) is 12.1 Å². The Morgan fingerprint density at radius 3 is 2.77 bits per heavy atom. The molecule has 0 bridgehead atoms. The zero-order valence-corrected chi connectivity index (χ0v) is 15.2. The molecular weight excluding hydrogens is 322 g/mol. The summed E-state index contributed by atoms with van der Waals surface area (Å²) in [4.78, 5) is 0. The van der Waals surface area contributed by atoms with E-state index in [1.54, 1.807) is 18.4 Å². The molecule has 0 amide bonds. The maximum Gasteiger partial charge on any atom is 0.119 e. The Morgan fingerprint density at radius 2 is 1.92 bits per heavy atom. The Kier molecular flexibility index (Phi) is 3.86. The van der Waals surface area contributed by atoms with Gasteiger partial charge in [0.15, 0.2) is 0 Å². The van der Waals surface area contributed by atoms with Crippen molar-refractivity contribution in [1.29, 1.82) is 0 Å². The van der Waals surface area contributed by atoms with E-state index in [2.05, 4.69) is 45.5 Å². The highest BCUT2D eigenvalue weighted by Gasteiger charge is 2.26. The van der Waals surface area contributed by atoms with Crippen molar-refractivity contribution < 1.29 is 4.74 Å². The van der Waals surface area contributed by atoms with Crippen molar-refractivity contribution in [2.75, 3.05) is 25.5 Å². The molecule has 0 aliphatic carbocycles. The minimum atomic E-state index is 0.411. The van der Waals surface area contributed by atoms with E-state index in [9.17, 15) is 0 Å². The third-order valence-corrected chi connectivity index (χ3v) is 5.81. The van der Waals surface area contributed by atoms with Gasteiger partial charge in [0, 0.05) is 42.3 Å². The van der Waals surface area contributed by atoms with Crippen LogP contribution in [-0.4, -0.2) is 30.8 Å². The third kappa shape index (κ3) is 2.56. The van der Waals surface area contributed by atoms with Crippen molar-refractivity contribution in [1.82, 2.24) is 9.88 Å². The molecule has 1 aromatic heterocycles. The van der Waals surface area contributed by atoms with Crippen LogP contribution in [0.2, 0.25) is 0 Å². The number of anilines is 1. The van der Waals surface area contributed by atoms with Crippen molar-refractivity contribution in [2.45, 2.75) is 31.8 Å². The van der Waals surface area contributed by atoms with Gasteiger partial charge in [0.25, 0.3) is 0 Å². The standard InChI is InChI=1S/C22H25N3O/c1-26-18-7-5-16(6-8-18)24-17-13-15-3-2-4-20-19-9-11-23-12-10-21(19)25(14-17)22(15)20/h2-8,17,23-24H,9-14H2,1H3. The molecule has 4 heteroatoms. The van der Waals surface area contributed by atoms with Crippen LogP contribution in [0.5, 0.6) is 5.75 Å². The van der Waals surface area contributed by atoms with Gasteiger partial charge in [0.2, 0.25) is 0 Å². The molecule has 3 heterocycles. The number of methoxy groups -OCH3 is 1. The number of rotatable bonds is 3. The minimum Gasteiger partial charge on any atom is -0.497 e. The second kappa shape index (κ2) is 6.36.